The topological polar surface area (TPSA) is 38.3 Å². The van der Waals surface area contributed by atoms with Gasteiger partial charge in [-0.2, -0.15) is 0 Å². The third kappa shape index (κ3) is 3.63. The Morgan fingerprint density at radius 1 is 1.27 bits per heavy atom. The van der Waals surface area contributed by atoms with Crippen molar-refractivity contribution >= 4 is 11.6 Å². The Morgan fingerprint density at radius 2 is 1.82 bits per heavy atom. The van der Waals surface area contributed by atoms with Crippen molar-refractivity contribution in [1.29, 1.82) is 0 Å². The predicted octanol–water partition coefficient (Wildman–Crippen LogP) is 5.00. The van der Waals surface area contributed by atoms with E-state index in [2.05, 4.69) is 26.1 Å². The van der Waals surface area contributed by atoms with Crippen molar-refractivity contribution in [3.8, 4) is 5.75 Å². The van der Waals surface area contributed by atoms with Gasteiger partial charge in [0, 0.05) is 11.1 Å². The van der Waals surface area contributed by atoms with Crippen LogP contribution in [0.5, 0.6) is 5.75 Å². The molecule has 0 aliphatic heterocycles. The van der Waals surface area contributed by atoms with Crippen LogP contribution in [0.15, 0.2) is 12.1 Å². The lowest BCUT2D eigenvalue weighted by Gasteiger charge is -2.23. The number of amides is 1. The second-order valence-corrected chi connectivity index (χ2v) is 7.00. The van der Waals surface area contributed by atoms with Gasteiger partial charge in [-0.05, 0) is 63.3 Å². The summed E-state index contributed by atoms with van der Waals surface area (Å²) in [5.74, 6) is 1.10. The quantitative estimate of drug-likeness (QED) is 0.831. The molecular formula is C19H29NO2. The molecule has 3 heteroatoms. The Hall–Kier alpha value is -1.51. The van der Waals surface area contributed by atoms with E-state index in [1.54, 1.807) is 0 Å². The molecule has 0 bridgehead atoms. The molecule has 1 amide bonds. The van der Waals surface area contributed by atoms with Gasteiger partial charge in [0.25, 0.3) is 0 Å². The Labute approximate surface area is 134 Å². The lowest BCUT2D eigenvalue weighted by Crippen LogP contribution is -2.30. The number of hydrogen-bond donors (Lipinski definition) is 1. The molecule has 22 heavy (non-hydrogen) atoms. The van der Waals surface area contributed by atoms with E-state index in [1.807, 2.05) is 26.0 Å². The summed E-state index contributed by atoms with van der Waals surface area (Å²) in [7, 11) is 0. The van der Waals surface area contributed by atoms with Gasteiger partial charge < -0.3 is 10.1 Å². The minimum Gasteiger partial charge on any atom is -0.490 e. The summed E-state index contributed by atoms with van der Waals surface area (Å²) >= 11 is 0. The summed E-state index contributed by atoms with van der Waals surface area (Å²) in [6.45, 7) is 10.4. The number of aryl methyl sites for hydroxylation is 2. The number of rotatable bonds is 5. The van der Waals surface area contributed by atoms with E-state index in [1.165, 1.54) is 0 Å². The van der Waals surface area contributed by atoms with Crippen LogP contribution < -0.4 is 10.1 Å². The van der Waals surface area contributed by atoms with E-state index >= 15 is 0 Å². The average Bonchev–Trinajstić information content (AvgIpc) is 2.91. The predicted molar refractivity (Wildman–Crippen MR) is 91.5 cm³/mol. The minimum atomic E-state index is -0.201. The minimum absolute atomic E-state index is 0.152. The van der Waals surface area contributed by atoms with E-state index in [0.717, 1.165) is 54.7 Å². The van der Waals surface area contributed by atoms with Gasteiger partial charge in [-0.25, -0.2) is 0 Å². The molecule has 1 aliphatic rings. The number of carbonyl (C=O) groups excluding carboxylic acids is 1. The van der Waals surface area contributed by atoms with Crippen LogP contribution in [-0.2, 0) is 4.79 Å². The fourth-order valence-corrected chi connectivity index (χ4v) is 3.16. The van der Waals surface area contributed by atoms with Gasteiger partial charge >= 0.3 is 0 Å². The van der Waals surface area contributed by atoms with Gasteiger partial charge in [-0.1, -0.05) is 26.7 Å². The van der Waals surface area contributed by atoms with Crippen molar-refractivity contribution < 1.29 is 9.53 Å². The summed E-state index contributed by atoms with van der Waals surface area (Å²) in [5.41, 5.74) is 2.83. The van der Waals surface area contributed by atoms with Gasteiger partial charge in [0.05, 0.1) is 6.10 Å². The van der Waals surface area contributed by atoms with E-state index < -0.39 is 0 Å². The first-order chi connectivity index (χ1) is 10.4. The van der Waals surface area contributed by atoms with Crippen LogP contribution in [0.4, 0.5) is 5.69 Å². The number of benzene rings is 1. The Balaban J connectivity index is 2.14. The highest BCUT2D eigenvalue weighted by atomic mass is 16.5. The van der Waals surface area contributed by atoms with Gasteiger partial charge in [0.15, 0.2) is 0 Å². The van der Waals surface area contributed by atoms with Crippen molar-refractivity contribution in [3.05, 3.63) is 23.3 Å². The molecule has 0 unspecified atom stereocenters. The largest absolute Gasteiger partial charge is 0.490 e. The number of carbonyl (C=O) groups is 1. The average molecular weight is 303 g/mol. The van der Waals surface area contributed by atoms with Gasteiger partial charge in [0.2, 0.25) is 5.91 Å². The van der Waals surface area contributed by atoms with Crippen LogP contribution in [0.25, 0.3) is 0 Å². The molecular weight excluding hydrogens is 274 g/mol. The fraction of sp³-hybridized carbons (Fsp3) is 0.632. The summed E-state index contributed by atoms with van der Waals surface area (Å²) in [5, 5.41) is 3.11. The second-order valence-electron chi connectivity index (χ2n) is 7.00. The molecule has 1 N–H and O–H groups in total. The maximum atomic E-state index is 12.5. The third-order valence-electron chi connectivity index (χ3n) is 4.87. The molecule has 3 nitrogen and oxygen atoms in total. The molecule has 1 atom stereocenters. The Morgan fingerprint density at radius 3 is 2.32 bits per heavy atom. The molecule has 1 fully saturated rings. The standard InChI is InChI=1S/C19H29NO2/c1-6-15(4)22-17-13(2)11-16(12-14(17)3)20-18(21)19(5)9-7-8-10-19/h11-12,15H,6-10H2,1-5H3,(H,20,21)/t15-/m1/s1. The first-order valence-electron chi connectivity index (χ1n) is 8.45. The lowest BCUT2D eigenvalue weighted by molar-refractivity contribution is -0.124. The molecule has 122 valence electrons. The SMILES string of the molecule is CC[C@@H](C)Oc1c(C)cc(NC(=O)C2(C)CCCC2)cc1C. The zero-order valence-corrected chi connectivity index (χ0v) is 14.6. The van der Waals surface area contributed by atoms with E-state index in [4.69, 9.17) is 4.74 Å². The van der Waals surface area contributed by atoms with Crippen LogP contribution in [0.2, 0.25) is 0 Å². The molecule has 0 radical (unpaired) electrons. The molecule has 2 rings (SSSR count). The molecule has 0 heterocycles. The molecule has 1 saturated carbocycles. The Bertz CT molecular complexity index is 521. The van der Waals surface area contributed by atoms with Crippen molar-refractivity contribution in [3.63, 3.8) is 0 Å². The monoisotopic (exact) mass is 303 g/mol. The first kappa shape index (κ1) is 16.9. The molecule has 1 aromatic carbocycles. The molecule has 0 aromatic heterocycles. The van der Waals surface area contributed by atoms with E-state index in [0.29, 0.717) is 0 Å². The highest BCUT2D eigenvalue weighted by Gasteiger charge is 2.36. The summed E-state index contributed by atoms with van der Waals surface area (Å²) in [6, 6.07) is 4.03. The Kier molecular flexibility index (Phi) is 5.15. The van der Waals surface area contributed by atoms with Gasteiger partial charge in [0.1, 0.15) is 5.75 Å². The van der Waals surface area contributed by atoms with Crippen molar-refractivity contribution in [2.45, 2.75) is 72.8 Å². The van der Waals surface area contributed by atoms with Crippen LogP contribution in [0, 0.1) is 19.3 Å². The molecule has 0 spiro atoms. The number of anilines is 1. The van der Waals surface area contributed by atoms with E-state index in [9.17, 15) is 4.79 Å². The van der Waals surface area contributed by atoms with Gasteiger partial charge in [-0.3, -0.25) is 4.79 Å². The molecule has 1 aromatic rings. The zero-order valence-electron chi connectivity index (χ0n) is 14.6. The van der Waals surface area contributed by atoms with E-state index in [-0.39, 0.29) is 17.4 Å². The van der Waals surface area contributed by atoms with Crippen LogP contribution in [0.1, 0.15) is 64.0 Å². The summed E-state index contributed by atoms with van der Waals surface area (Å²) < 4.78 is 5.99. The fourth-order valence-electron chi connectivity index (χ4n) is 3.16. The smallest absolute Gasteiger partial charge is 0.230 e. The van der Waals surface area contributed by atoms with Crippen LogP contribution in [0.3, 0.4) is 0 Å². The first-order valence-corrected chi connectivity index (χ1v) is 8.45. The van der Waals surface area contributed by atoms with Crippen molar-refractivity contribution in [1.82, 2.24) is 0 Å². The third-order valence-corrected chi connectivity index (χ3v) is 4.87. The number of nitrogens with one attached hydrogen (secondary N) is 1. The van der Waals surface area contributed by atoms with Crippen molar-refractivity contribution in [2.75, 3.05) is 5.32 Å². The number of ether oxygens (including phenoxy) is 1. The molecule has 0 saturated heterocycles. The highest BCUT2D eigenvalue weighted by molar-refractivity contribution is 5.95. The lowest BCUT2D eigenvalue weighted by atomic mass is 9.87. The normalized spacial score (nSPS) is 18.0. The summed E-state index contributed by atoms with van der Waals surface area (Å²) in [6.07, 6.45) is 5.48. The second kappa shape index (κ2) is 6.72. The van der Waals surface area contributed by atoms with Crippen molar-refractivity contribution in [2.24, 2.45) is 5.41 Å². The van der Waals surface area contributed by atoms with Gasteiger partial charge in [-0.15, -0.1) is 0 Å². The summed E-state index contributed by atoms with van der Waals surface area (Å²) in [4.78, 5) is 12.5. The van der Waals surface area contributed by atoms with Crippen LogP contribution in [-0.4, -0.2) is 12.0 Å². The maximum Gasteiger partial charge on any atom is 0.230 e. The molecule has 1 aliphatic carbocycles. The number of hydrogen-bond acceptors (Lipinski definition) is 2. The van der Waals surface area contributed by atoms with Crippen LogP contribution >= 0.6 is 0 Å². The zero-order chi connectivity index (χ0) is 16.3. The highest BCUT2D eigenvalue weighted by Crippen LogP contribution is 2.39. The maximum absolute atomic E-state index is 12.5.